The molecule has 0 saturated carbocycles. The highest BCUT2D eigenvalue weighted by Crippen LogP contribution is 2.26. The number of fused-ring (bicyclic) bond motifs is 1. The van der Waals surface area contributed by atoms with E-state index in [4.69, 9.17) is 16.3 Å². The fourth-order valence-electron chi connectivity index (χ4n) is 3.12. The van der Waals surface area contributed by atoms with Gasteiger partial charge >= 0.3 is 0 Å². The van der Waals surface area contributed by atoms with Crippen LogP contribution in [0.15, 0.2) is 41.6 Å². The van der Waals surface area contributed by atoms with E-state index in [9.17, 15) is 4.79 Å². The number of halogens is 1. The molecular formula is C22H26ClN3O2S. The second-order valence-corrected chi connectivity index (χ2v) is 8.47. The molecule has 0 bridgehead atoms. The minimum absolute atomic E-state index is 0.0240. The molecule has 3 aromatic rings. The van der Waals surface area contributed by atoms with Crippen molar-refractivity contribution in [1.82, 2.24) is 14.9 Å². The van der Waals surface area contributed by atoms with Crippen LogP contribution >= 0.6 is 23.4 Å². The van der Waals surface area contributed by atoms with E-state index in [-0.39, 0.29) is 11.9 Å². The lowest BCUT2D eigenvalue weighted by Gasteiger charge is -2.16. The molecule has 1 unspecified atom stereocenters. The van der Waals surface area contributed by atoms with Gasteiger partial charge in [0.2, 0.25) is 5.91 Å². The van der Waals surface area contributed by atoms with Crippen LogP contribution in [0.1, 0.15) is 29.7 Å². The third-order valence-corrected chi connectivity index (χ3v) is 6.15. The summed E-state index contributed by atoms with van der Waals surface area (Å²) in [6.45, 7) is 7.40. The number of nitrogens with one attached hydrogen (secondary N) is 1. The topological polar surface area (TPSA) is 56.1 Å². The van der Waals surface area contributed by atoms with Gasteiger partial charge in [0.15, 0.2) is 5.16 Å². The minimum atomic E-state index is -0.0477. The number of aromatic nitrogens is 2. The van der Waals surface area contributed by atoms with E-state index < -0.39 is 0 Å². The van der Waals surface area contributed by atoms with Gasteiger partial charge in [-0.2, -0.15) is 0 Å². The number of hydrogen-bond donors (Lipinski definition) is 1. The van der Waals surface area contributed by atoms with E-state index in [1.165, 1.54) is 22.9 Å². The molecule has 0 aliphatic heterocycles. The van der Waals surface area contributed by atoms with Crippen molar-refractivity contribution < 1.29 is 9.53 Å². The summed E-state index contributed by atoms with van der Waals surface area (Å²) in [7, 11) is 1.67. The molecule has 3 rings (SSSR count). The molecule has 1 N–H and O–H groups in total. The van der Waals surface area contributed by atoms with Crippen LogP contribution in [0, 0.1) is 13.8 Å². The number of methoxy groups -OCH3 is 1. The largest absolute Gasteiger partial charge is 0.383 e. The Labute approximate surface area is 180 Å². The van der Waals surface area contributed by atoms with Crippen molar-refractivity contribution in [3.8, 4) is 0 Å². The highest BCUT2D eigenvalue weighted by atomic mass is 35.5. The summed E-state index contributed by atoms with van der Waals surface area (Å²) in [6, 6.07) is 11.9. The number of carbonyl (C=O) groups excluding carboxylic acids is 1. The van der Waals surface area contributed by atoms with Crippen molar-refractivity contribution >= 4 is 40.3 Å². The van der Waals surface area contributed by atoms with E-state index in [2.05, 4.69) is 46.9 Å². The van der Waals surface area contributed by atoms with Gasteiger partial charge in [0.25, 0.3) is 0 Å². The van der Waals surface area contributed by atoms with Crippen LogP contribution in [-0.4, -0.2) is 34.9 Å². The van der Waals surface area contributed by atoms with Gasteiger partial charge in [-0.1, -0.05) is 41.6 Å². The van der Waals surface area contributed by atoms with Gasteiger partial charge < -0.3 is 14.6 Å². The Morgan fingerprint density at radius 3 is 2.76 bits per heavy atom. The quantitative estimate of drug-likeness (QED) is 0.514. The van der Waals surface area contributed by atoms with Crippen LogP contribution in [0.25, 0.3) is 11.0 Å². The molecule has 2 aromatic carbocycles. The van der Waals surface area contributed by atoms with Crippen molar-refractivity contribution in [2.24, 2.45) is 0 Å². The summed E-state index contributed by atoms with van der Waals surface area (Å²) in [4.78, 5) is 17.2. The number of thioether (sulfide) groups is 1. The summed E-state index contributed by atoms with van der Waals surface area (Å²) < 4.78 is 7.29. The lowest BCUT2D eigenvalue weighted by atomic mass is 10.0. The number of ether oxygens (including phenoxy) is 1. The van der Waals surface area contributed by atoms with E-state index in [0.29, 0.717) is 23.9 Å². The molecule has 1 heterocycles. The van der Waals surface area contributed by atoms with Gasteiger partial charge in [0.05, 0.1) is 29.4 Å². The Balaban J connectivity index is 1.68. The number of nitrogens with zero attached hydrogens (tertiary/aromatic N) is 2. The van der Waals surface area contributed by atoms with Crippen LogP contribution < -0.4 is 5.32 Å². The van der Waals surface area contributed by atoms with Crippen molar-refractivity contribution in [3.05, 3.63) is 58.1 Å². The molecule has 5 nitrogen and oxygen atoms in total. The molecular weight excluding hydrogens is 406 g/mol. The monoisotopic (exact) mass is 431 g/mol. The number of imidazole rings is 1. The summed E-state index contributed by atoms with van der Waals surface area (Å²) in [5.41, 5.74) is 5.38. The average molecular weight is 432 g/mol. The van der Waals surface area contributed by atoms with Crippen molar-refractivity contribution in [2.45, 2.75) is 38.5 Å². The standard InChI is InChI=1S/C22H26ClN3O2S/c1-14-5-6-17(11-15(14)2)16(3)24-21(27)13-29-22-25-19-12-18(23)7-8-20(19)26(22)9-10-28-4/h5-8,11-12,16H,9-10,13H2,1-4H3,(H,24,27). The number of aryl methyl sites for hydroxylation is 2. The van der Waals surface area contributed by atoms with E-state index in [1.807, 2.05) is 25.1 Å². The first-order valence-electron chi connectivity index (χ1n) is 9.53. The molecule has 7 heteroatoms. The number of carbonyl (C=O) groups is 1. The van der Waals surface area contributed by atoms with Crippen LogP contribution in [0.3, 0.4) is 0 Å². The highest BCUT2D eigenvalue weighted by molar-refractivity contribution is 7.99. The molecule has 0 aliphatic rings. The van der Waals surface area contributed by atoms with Gasteiger partial charge in [-0.25, -0.2) is 4.98 Å². The zero-order chi connectivity index (χ0) is 21.0. The van der Waals surface area contributed by atoms with Crippen LogP contribution in [0.5, 0.6) is 0 Å². The van der Waals surface area contributed by atoms with Crippen LogP contribution in [0.4, 0.5) is 0 Å². The smallest absolute Gasteiger partial charge is 0.230 e. The molecule has 29 heavy (non-hydrogen) atoms. The molecule has 1 atom stereocenters. The lowest BCUT2D eigenvalue weighted by Crippen LogP contribution is -2.28. The predicted molar refractivity (Wildman–Crippen MR) is 120 cm³/mol. The Hall–Kier alpha value is -2.02. The Morgan fingerprint density at radius 1 is 1.24 bits per heavy atom. The van der Waals surface area contributed by atoms with Crippen LogP contribution in [0.2, 0.25) is 5.02 Å². The maximum absolute atomic E-state index is 12.5. The van der Waals surface area contributed by atoms with Gasteiger partial charge in [-0.3, -0.25) is 4.79 Å². The second-order valence-electron chi connectivity index (χ2n) is 7.09. The van der Waals surface area contributed by atoms with E-state index in [0.717, 1.165) is 21.8 Å². The Kier molecular flexibility index (Phi) is 7.22. The zero-order valence-corrected chi connectivity index (χ0v) is 18.7. The molecule has 0 aliphatic carbocycles. The van der Waals surface area contributed by atoms with Gasteiger partial charge in [0, 0.05) is 18.7 Å². The average Bonchev–Trinajstić information content (AvgIpc) is 3.03. The Bertz CT molecular complexity index is 1020. The molecule has 0 fully saturated rings. The van der Waals surface area contributed by atoms with Crippen molar-refractivity contribution in [1.29, 1.82) is 0 Å². The van der Waals surface area contributed by atoms with E-state index >= 15 is 0 Å². The number of hydrogen-bond acceptors (Lipinski definition) is 4. The first-order valence-corrected chi connectivity index (χ1v) is 10.9. The summed E-state index contributed by atoms with van der Waals surface area (Å²) in [5, 5.41) is 4.51. The fourth-order valence-corrected chi connectivity index (χ4v) is 4.14. The molecule has 1 amide bonds. The molecule has 154 valence electrons. The first-order chi connectivity index (χ1) is 13.9. The fraction of sp³-hybridized carbons (Fsp3) is 0.364. The van der Waals surface area contributed by atoms with Crippen molar-refractivity contribution in [2.75, 3.05) is 19.5 Å². The number of rotatable bonds is 8. The minimum Gasteiger partial charge on any atom is -0.383 e. The first kappa shape index (κ1) is 21.7. The SMILES string of the molecule is COCCn1c(SCC(=O)NC(C)c2ccc(C)c(C)c2)nc2cc(Cl)ccc21. The molecule has 1 aromatic heterocycles. The zero-order valence-electron chi connectivity index (χ0n) is 17.2. The van der Waals surface area contributed by atoms with Crippen molar-refractivity contribution in [3.63, 3.8) is 0 Å². The van der Waals surface area contributed by atoms with E-state index in [1.54, 1.807) is 7.11 Å². The maximum atomic E-state index is 12.5. The van der Waals surface area contributed by atoms with Gasteiger partial charge in [-0.05, 0) is 55.7 Å². The predicted octanol–water partition coefficient (Wildman–Crippen LogP) is 4.92. The summed E-state index contributed by atoms with van der Waals surface area (Å²) in [5.74, 6) is 0.267. The normalized spacial score (nSPS) is 12.3. The summed E-state index contributed by atoms with van der Waals surface area (Å²) >= 11 is 7.52. The Morgan fingerprint density at radius 2 is 2.03 bits per heavy atom. The summed E-state index contributed by atoms with van der Waals surface area (Å²) in [6.07, 6.45) is 0. The number of amides is 1. The lowest BCUT2D eigenvalue weighted by molar-refractivity contribution is -0.119. The molecule has 0 saturated heterocycles. The third kappa shape index (κ3) is 5.32. The number of benzene rings is 2. The van der Waals surface area contributed by atoms with Crippen LogP contribution in [-0.2, 0) is 16.1 Å². The van der Waals surface area contributed by atoms with Gasteiger partial charge in [0.1, 0.15) is 0 Å². The maximum Gasteiger partial charge on any atom is 0.230 e. The molecule has 0 spiro atoms. The highest BCUT2D eigenvalue weighted by Gasteiger charge is 2.15. The molecule has 0 radical (unpaired) electrons. The second kappa shape index (κ2) is 9.65. The third-order valence-electron chi connectivity index (χ3n) is 4.94. The van der Waals surface area contributed by atoms with Gasteiger partial charge in [-0.15, -0.1) is 0 Å².